The lowest BCUT2D eigenvalue weighted by Gasteiger charge is -2.03. The summed E-state index contributed by atoms with van der Waals surface area (Å²) in [5, 5.41) is 3.54. The molecule has 0 spiro atoms. The molecule has 1 aliphatic rings. The van der Waals surface area contributed by atoms with Crippen LogP contribution in [-0.2, 0) is 4.74 Å². The second-order valence-electron chi connectivity index (χ2n) is 4.11. The van der Waals surface area contributed by atoms with Crippen molar-refractivity contribution >= 4 is 23.1 Å². The Kier molecular flexibility index (Phi) is 3.47. The fraction of sp³-hybridized carbons (Fsp3) is 0.333. The van der Waals surface area contributed by atoms with E-state index in [9.17, 15) is 4.79 Å². The molecule has 1 N–H and O–H groups in total. The smallest absolute Gasteiger partial charge is 0.268 e. The van der Waals surface area contributed by atoms with E-state index in [0.717, 1.165) is 24.5 Å². The number of hydrogen-bond acceptors (Lipinski definition) is 6. The molecular formula is C12H12N4O2S. The van der Waals surface area contributed by atoms with Gasteiger partial charge in [0.15, 0.2) is 5.82 Å². The largest absolute Gasteiger partial charge is 0.371 e. The van der Waals surface area contributed by atoms with Crippen molar-refractivity contribution in [2.45, 2.75) is 18.9 Å². The van der Waals surface area contributed by atoms with Gasteiger partial charge in [0, 0.05) is 19.0 Å². The van der Waals surface area contributed by atoms with Gasteiger partial charge in [-0.2, -0.15) is 0 Å². The Morgan fingerprint density at radius 1 is 1.37 bits per heavy atom. The Labute approximate surface area is 113 Å². The third-order valence-electron chi connectivity index (χ3n) is 2.76. The van der Waals surface area contributed by atoms with Gasteiger partial charge in [-0.1, -0.05) is 0 Å². The van der Waals surface area contributed by atoms with E-state index in [1.54, 1.807) is 12.4 Å². The molecule has 0 aromatic carbocycles. The first-order valence-electron chi connectivity index (χ1n) is 5.97. The van der Waals surface area contributed by atoms with Crippen molar-refractivity contribution in [2.75, 3.05) is 11.9 Å². The molecule has 1 unspecified atom stereocenters. The number of thiazole rings is 1. The Hall–Kier alpha value is -1.86. The van der Waals surface area contributed by atoms with Crippen LogP contribution in [0.3, 0.4) is 0 Å². The maximum atomic E-state index is 12.0. The van der Waals surface area contributed by atoms with Gasteiger partial charge in [0.05, 0.1) is 12.4 Å². The first-order valence-corrected chi connectivity index (χ1v) is 6.79. The monoisotopic (exact) mass is 276 g/mol. The molecule has 98 valence electrons. The average Bonchev–Trinajstić information content (AvgIpc) is 3.11. The van der Waals surface area contributed by atoms with Crippen molar-refractivity contribution in [2.24, 2.45) is 0 Å². The molecule has 0 aliphatic carbocycles. The van der Waals surface area contributed by atoms with Crippen molar-refractivity contribution in [3.05, 3.63) is 34.7 Å². The predicted octanol–water partition coefficient (Wildman–Crippen LogP) is 2.04. The van der Waals surface area contributed by atoms with Crippen LogP contribution in [0.15, 0.2) is 24.8 Å². The minimum atomic E-state index is -0.220. The summed E-state index contributed by atoms with van der Waals surface area (Å²) >= 11 is 1.36. The zero-order valence-electron chi connectivity index (χ0n) is 10.1. The van der Waals surface area contributed by atoms with Gasteiger partial charge < -0.3 is 10.1 Å². The lowest BCUT2D eigenvalue weighted by molar-refractivity contribution is 0.103. The molecule has 6 nitrogen and oxygen atoms in total. The number of nitrogens with zero attached hydrogens (tertiary/aromatic N) is 3. The summed E-state index contributed by atoms with van der Waals surface area (Å²) < 4.78 is 5.54. The fourth-order valence-electron chi connectivity index (χ4n) is 1.86. The Bertz CT molecular complexity index is 566. The van der Waals surface area contributed by atoms with Crippen LogP contribution in [0.4, 0.5) is 5.82 Å². The second kappa shape index (κ2) is 5.41. The zero-order valence-corrected chi connectivity index (χ0v) is 10.9. The van der Waals surface area contributed by atoms with Crippen LogP contribution in [-0.4, -0.2) is 27.5 Å². The number of rotatable bonds is 3. The Morgan fingerprint density at radius 2 is 2.32 bits per heavy atom. The molecule has 1 saturated heterocycles. The maximum absolute atomic E-state index is 12.0. The molecule has 1 aliphatic heterocycles. The normalized spacial score (nSPS) is 18.4. The Morgan fingerprint density at radius 3 is 3.05 bits per heavy atom. The van der Waals surface area contributed by atoms with E-state index >= 15 is 0 Å². The van der Waals surface area contributed by atoms with Crippen LogP contribution in [0.5, 0.6) is 0 Å². The standard InChI is InChI=1S/C12H12N4O2S/c17-11(16-10-7-13-3-4-14-10)9-6-15-12(19-9)8-2-1-5-18-8/h3-4,6-8H,1-2,5H2,(H,14,16,17). The molecule has 1 amide bonds. The highest BCUT2D eigenvalue weighted by Crippen LogP contribution is 2.31. The van der Waals surface area contributed by atoms with Gasteiger partial charge in [-0.3, -0.25) is 9.78 Å². The van der Waals surface area contributed by atoms with E-state index in [0.29, 0.717) is 10.7 Å². The molecule has 1 fully saturated rings. The van der Waals surface area contributed by atoms with Gasteiger partial charge in [-0.05, 0) is 12.8 Å². The van der Waals surface area contributed by atoms with Gasteiger partial charge in [0.2, 0.25) is 0 Å². The third kappa shape index (κ3) is 2.77. The van der Waals surface area contributed by atoms with Crippen molar-refractivity contribution in [3.63, 3.8) is 0 Å². The number of nitrogens with one attached hydrogen (secondary N) is 1. The van der Waals surface area contributed by atoms with Gasteiger partial charge in [-0.25, -0.2) is 9.97 Å². The van der Waals surface area contributed by atoms with E-state index in [1.165, 1.54) is 23.7 Å². The van der Waals surface area contributed by atoms with Crippen LogP contribution in [0.25, 0.3) is 0 Å². The molecule has 19 heavy (non-hydrogen) atoms. The minimum Gasteiger partial charge on any atom is -0.371 e. The van der Waals surface area contributed by atoms with Gasteiger partial charge in [-0.15, -0.1) is 11.3 Å². The number of carbonyl (C=O) groups excluding carboxylic acids is 1. The topological polar surface area (TPSA) is 77.0 Å². The number of amides is 1. The van der Waals surface area contributed by atoms with E-state index < -0.39 is 0 Å². The summed E-state index contributed by atoms with van der Waals surface area (Å²) in [6.07, 6.45) is 8.22. The first-order chi connectivity index (χ1) is 9.33. The highest BCUT2D eigenvalue weighted by Gasteiger charge is 2.22. The summed E-state index contributed by atoms with van der Waals surface area (Å²) in [5.74, 6) is 0.210. The number of carbonyl (C=O) groups is 1. The summed E-state index contributed by atoms with van der Waals surface area (Å²) in [6.45, 7) is 0.769. The molecule has 2 aromatic rings. The molecule has 3 heterocycles. The quantitative estimate of drug-likeness (QED) is 0.928. The predicted molar refractivity (Wildman–Crippen MR) is 70.0 cm³/mol. The lowest BCUT2D eigenvalue weighted by atomic mass is 10.2. The summed E-state index contributed by atoms with van der Waals surface area (Å²) in [6, 6.07) is 0. The summed E-state index contributed by atoms with van der Waals surface area (Å²) in [5.41, 5.74) is 0. The molecule has 7 heteroatoms. The van der Waals surface area contributed by atoms with E-state index in [1.807, 2.05) is 0 Å². The highest BCUT2D eigenvalue weighted by molar-refractivity contribution is 7.13. The molecule has 0 bridgehead atoms. The molecule has 2 aromatic heterocycles. The number of hydrogen-bond donors (Lipinski definition) is 1. The molecule has 1 atom stereocenters. The SMILES string of the molecule is O=C(Nc1cnccn1)c1cnc(C2CCCO2)s1. The number of anilines is 1. The number of aromatic nitrogens is 3. The van der Waals surface area contributed by atoms with Gasteiger partial charge in [0.25, 0.3) is 5.91 Å². The number of ether oxygens (including phenoxy) is 1. The van der Waals surface area contributed by atoms with Gasteiger partial charge >= 0.3 is 0 Å². The average molecular weight is 276 g/mol. The van der Waals surface area contributed by atoms with Crippen molar-refractivity contribution in [3.8, 4) is 0 Å². The third-order valence-corrected chi connectivity index (χ3v) is 3.85. The van der Waals surface area contributed by atoms with E-state index in [4.69, 9.17) is 4.74 Å². The van der Waals surface area contributed by atoms with E-state index in [-0.39, 0.29) is 12.0 Å². The first kappa shape index (κ1) is 12.2. The fourth-order valence-corrected chi connectivity index (χ4v) is 2.75. The highest BCUT2D eigenvalue weighted by atomic mass is 32.1. The van der Waals surface area contributed by atoms with Crippen molar-refractivity contribution < 1.29 is 9.53 Å². The van der Waals surface area contributed by atoms with Crippen LogP contribution >= 0.6 is 11.3 Å². The van der Waals surface area contributed by atoms with Crippen LogP contribution in [0.1, 0.15) is 33.6 Å². The molecule has 3 rings (SSSR count). The van der Waals surface area contributed by atoms with Gasteiger partial charge in [0.1, 0.15) is 16.0 Å². The van der Waals surface area contributed by atoms with Crippen molar-refractivity contribution in [1.29, 1.82) is 0 Å². The zero-order chi connectivity index (χ0) is 13.1. The molecule has 0 saturated carbocycles. The molecular weight excluding hydrogens is 264 g/mol. The Balaban J connectivity index is 1.70. The summed E-state index contributed by atoms with van der Waals surface area (Å²) in [7, 11) is 0. The van der Waals surface area contributed by atoms with Crippen molar-refractivity contribution in [1.82, 2.24) is 15.0 Å². The minimum absolute atomic E-state index is 0.0445. The van der Waals surface area contributed by atoms with Crippen LogP contribution in [0, 0.1) is 0 Å². The van der Waals surface area contributed by atoms with E-state index in [2.05, 4.69) is 20.3 Å². The maximum Gasteiger partial charge on any atom is 0.268 e. The van der Waals surface area contributed by atoms with Crippen LogP contribution in [0.2, 0.25) is 0 Å². The summed E-state index contributed by atoms with van der Waals surface area (Å²) in [4.78, 5) is 24.7. The second-order valence-corrected chi connectivity index (χ2v) is 5.17. The lowest BCUT2D eigenvalue weighted by Crippen LogP contribution is -2.11. The van der Waals surface area contributed by atoms with Crippen LogP contribution < -0.4 is 5.32 Å². The molecule has 0 radical (unpaired) electrons.